The highest BCUT2D eigenvalue weighted by atomic mass is 16.3. The molecule has 2 aliphatic rings. The Morgan fingerprint density at radius 3 is 1.93 bits per heavy atom. The van der Waals surface area contributed by atoms with E-state index in [0.29, 0.717) is 13.1 Å². The third-order valence-corrected chi connectivity index (χ3v) is 3.45. The Labute approximate surface area is 84.2 Å². The first kappa shape index (κ1) is 10.4. The van der Waals surface area contributed by atoms with Crippen LogP contribution in [0.15, 0.2) is 0 Å². The lowest BCUT2D eigenvalue weighted by Crippen LogP contribution is -2.44. The highest BCUT2D eigenvalue weighted by Gasteiger charge is 2.37. The van der Waals surface area contributed by atoms with Crippen LogP contribution < -0.4 is 0 Å². The normalized spacial score (nSPS) is 45.6. The molecule has 0 amide bonds. The molecule has 4 nitrogen and oxygen atoms in total. The topological polar surface area (TPSA) is 63.9 Å². The van der Waals surface area contributed by atoms with Crippen molar-refractivity contribution < 1.29 is 15.3 Å². The summed E-state index contributed by atoms with van der Waals surface area (Å²) >= 11 is 0. The molecule has 1 heterocycles. The van der Waals surface area contributed by atoms with Gasteiger partial charge in [-0.2, -0.15) is 0 Å². The molecule has 0 aromatic rings. The number of aliphatic hydroxyl groups is 3. The molecule has 2 rings (SSSR count). The molecular weight excluding hydrogens is 182 g/mol. The summed E-state index contributed by atoms with van der Waals surface area (Å²) in [7, 11) is 0. The number of β-amino-alcohol motifs (C(OH)–C–C–N with tert-alkyl or cyclic N) is 2. The zero-order valence-electron chi connectivity index (χ0n) is 8.34. The lowest BCUT2D eigenvalue weighted by atomic mass is 9.91. The molecule has 2 fully saturated rings. The van der Waals surface area contributed by atoms with Crippen molar-refractivity contribution in [2.24, 2.45) is 0 Å². The van der Waals surface area contributed by atoms with Gasteiger partial charge in [0.2, 0.25) is 0 Å². The van der Waals surface area contributed by atoms with E-state index in [1.54, 1.807) is 0 Å². The van der Waals surface area contributed by atoms with E-state index in [0.717, 1.165) is 25.7 Å². The van der Waals surface area contributed by atoms with Crippen LogP contribution in [0.4, 0.5) is 0 Å². The monoisotopic (exact) mass is 201 g/mol. The Balaban J connectivity index is 1.94. The minimum absolute atomic E-state index is 0.149. The molecule has 82 valence electrons. The molecule has 14 heavy (non-hydrogen) atoms. The molecule has 0 radical (unpaired) electrons. The van der Waals surface area contributed by atoms with Crippen LogP contribution in [0, 0.1) is 0 Å². The molecule has 0 spiro atoms. The second-order valence-electron chi connectivity index (χ2n) is 4.51. The molecule has 0 bridgehead atoms. The Morgan fingerprint density at radius 1 is 0.786 bits per heavy atom. The predicted molar refractivity (Wildman–Crippen MR) is 51.8 cm³/mol. The van der Waals surface area contributed by atoms with Gasteiger partial charge >= 0.3 is 0 Å². The van der Waals surface area contributed by atoms with Gasteiger partial charge in [-0.25, -0.2) is 0 Å². The molecule has 4 heteroatoms. The zero-order valence-corrected chi connectivity index (χ0v) is 8.34. The van der Waals surface area contributed by atoms with Gasteiger partial charge in [-0.3, -0.25) is 4.90 Å². The van der Waals surface area contributed by atoms with Crippen molar-refractivity contribution in [2.75, 3.05) is 13.1 Å². The maximum absolute atomic E-state index is 9.80. The fourth-order valence-electron chi connectivity index (χ4n) is 2.59. The molecule has 4 atom stereocenters. The highest BCUT2D eigenvalue weighted by Crippen LogP contribution is 2.26. The average Bonchev–Trinajstić information content (AvgIpc) is 2.48. The summed E-state index contributed by atoms with van der Waals surface area (Å²) in [6, 6.07) is 0.149. The van der Waals surface area contributed by atoms with E-state index in [4.69, 9.17) is 0 Å². The van der Waals surface area contributed by atoms with Crippen LogP contribution in [0.3, 0.4) is 0 Å². The van der Waals surface area contributed by atoms with E-state index in [1.807, 2.05) is 4.90 Å². The van der Waals surface area contributed by atoms with Crippen molar-refractivity contribution in [3.05, 3.63) is 0 Å². The standard InChI is InChI=1S/C10H19NO3/c12-8-4-2-1-3-7(8)11-5-9(13)10(14)6-11/h7-10,12-14H,1-6H2. The fraction of sp³-hybridized carbons (Fsp3) is 1.00. The van der Waals surface area contributed by atoms with E-state index in [1.165, 1.54) is 0 Å². The number of aliphatic hydroxyl groups excluding tert-OH is 3. The largest absolute Gasteiger partial charge is 0.391 e. The van der Waals surface area contributed by atoms with Crippen LogP contribution in [0.25, 0.3) is 0 Å². The van der Waals surface area contributed by atoms with Gasteiger partial charge < -0.3 is 15.3 Å². The number of hydrogen-bond donors (Lipinski definition) is 3. The van der Waals surface area contributed by atoms with Crippen molar-refractivity contribution in [1.29, 1.82) is 0 Å². The van der Waals surface area contributed by atoms with Gasteiger partial charge in [-0.1, -0.05) is 12.8 Å². The lowest BCUT2D eigenvalue weighted by Gasteiger charge is -2.34. The summed E-state index contributed by atoms with van der Waals surface area (Å²) in [5, 5.41) is 28.6. The third-order valence-electron chi connectivity index (χ3n) is 3.45. The molecular formula is C10H19NO3. The molecule has 1 aliphatic heterocycles. The van der Waals surface area contributed by atoms with Gasteiger partial charge in [0.05, 0.1) is 18.3 Å². The molecule has 1 saturated heterocycles. The second kappa shape index (κ2) is 4.14. The van der Waals surface area contributed by atoms with E-state index >= 15 is 0 Å². The lowest BCUT2D eigenvalue weighted by molar-refractivity contribution is 0.0246. The van der Waals surface area contributed by atoms with Crippen molar-refractivity contribution >= 4 is 0 Å². The van der Waals surface area contributed by atoms with E-state index in [2.05, 4.69) is 0 Å². The number of hydrogen-bond acceptors (Lipinski definition) is 4. The van der Waals surface area contributed by atoms with Gasteiger partial charge in [0, 0.05) is 19.1 Å². The van der Waals surface area contributed by atoms with Crippen molar-refractivity contribution in [3.8, 4) is 0 Å². The van der Waals surface area contributed by atoms with Crippen molar-refractivity contribution in [2.45, 2.75) is 50.0 Å². The minimum atomic E-state index is -0.635. The Hall–Kier alpha value is -0.160. The Kier molecular flexibility index (Phi) is 3.07. The quantitative estimate of drug-likeness (QED) is 0.526. The Morgan fingerprint density at radius 2 is 1.36 bits per heavy atom. The number of nitrogens with zero attached hydrogens (tertiary/aromatic N) is 1. The van der Waals surface area contributed by atoms with Crippen LogP contribution in [0.5, 0.6) is 0 Å². The zero-order chi connectivity index (χ0) is 10.1. The van der Waals surface area contributed by atoms with E-state index in [9.17, 15) is 15.3 Å². The van der Waals surface area contributed by atoms with Gasteiger partial charge in [-0.15, -0.1) is 0 Å². The number of rotatable bonds is 1. The summed E-state index contributed by atoms with van der Waals surface area (Å²) in [5.41, 5.74) is 0. The Bertz CT molecular complexity index is 190. The average molecular weight is 201 g/mol. The first-order valence-corrected chi connectivity index (χ1v) is 5.46. The van der Waals surface area contributed by atoms with Gasteiger partial charge in [0.15, 0.2) is 0 Å². The first-order valence-electron chi connectivity index (χ1n) is 5.46. The van der Waals surface area contributed by atoms with Gasteiger partial charge in [-0.05, 0) is 12.8 Å². The summed E-state index contributed by atoms with van der Waals surface area (Å²) < 4.78 is 0. The van der Waals surface area contributed by atoms with Crippen LogP contribution in [-0.2, 0) is 0 Å². The van der Waals surface area contributed by atoms with Crippen molar-refractivity contribution in [3.63, 3.8) is 0 Å². The predicted octanol–water partition coefficient (Wildman–Crippen LogP) is -0.673. The van der Waals surface area contributed by atoms with E-state index in [-0.39, 0.29) is 12.1 Å². The van der Waals surface area contributed by atoms with Gasteiger partial charge in [0.1, 0.15) is 0 Å². The summed E-state index contributed by atoms with van der Waals surface area (Å²) in [4.78, 5) is 2.03. The summed E-state index contributed by atoms with van der Waals surface area (Å²) in [6.07, 6.45) is 2.53. The van der Waals surface area contributed by atoms with Crippen LogP contribution in [-0.4, -0.2) is 57.7 Å². The van der Waals surface area contributed by atoms with Gasteiger partial charge in [0.25, 0.3) is 0 Å². The van der Waals surface area contributed by atoms with Crippen LogP contribution in [0.2, 0.25) is 0 Å². The number of likely N-dealkylation sites (tertiary alicyclic amines) is 1. The second-order valence-corrected chi connectivity index (χ2v) is 4.51. The summed E-state index contributed by atoms with van der Waals surface area (Å²) in [6.45, 7) is 1.01. The molecule has 1 aliphatic carbocycles. The molecule has 4 unspecified atom stereocenters. The van der Waals surface area contributed by atoms with Crippen LogP contribution in [0.1, 0.15) is 25.7 Å². The maximum atomic E-state index is 9.80. The minimum Gasteiger partial charge on any atom is -0.391 e. The smallest absolute Gasteiger partial charge is 0.0938 e. The molecule has 3 N–H and O–H groups in total. The highest BCUT2D eigenvalue weighted by molar-refractivity contribution is 4.91. The molecule has 0 aromatic heterocycles. The summed E-state index contributed by atoms with van der Waals surface area (Å²) in [5.74, 6) is 0. The maximum Gasteiger partial charge on any atom is 0.0938 e. The van der Waals surface area contributed by atoms with Crippen molar-refractivity contribution in [1.82, 2.24) is 4.90 Å². The first-order chi connectivity index (χ1) is 6.68. The SMILES string of the molecule is OC1CN(C2CCCCC2O)CC1O. The molecule has 1 saturated carbocycles. The third kappa shape index (κ3) is 1.93. The molecule has 0 aromatic carbocycles. The van der Waals surface area contributed by atoms with E-state index < -0.39 is 12.2 Å². The fourth-order valence-corrected chi connectivity index (χ4v) is 2.59. The van der Waals surface area contributed by atoms with Crippen LogP contribution >= 0.6 is 0 Å².